The van der Waals surface area contributed by atoms with Gasteiger partial charge in [0.2, 0.25) is 0 Å². The number of esters is 1. The minimum absolute atomic E-state index is 0.219. The third-order valence-corrected chi connectivity index (χ3v) is 5.85. The second-order valence-corrected chi connectivity index (χ2v) is 9.45. The average Bonchev–Trinajstić information content (AvgIpc) is 2.71. The number of methoxy groups -OCH3 is 2. The SMILES string of the molecule is COC(=O)c1ccc([C@H]2C/C(=N\[S@@](=O)C(C)(C)C)c3ccc(OC)cc3O2)cn1. The molecule has 7 nitrogen and oxygen atoms in total. The van der Waals surface area contributed by atoms with Crippen LogP contribution in [-0.4, -0.2) is 39.8 Å². The predicted octanol–water partition coefficient (Wildman–Crippen LogP) is 3.65. The summed E-state index contributed by atoms with van der Waals surface area (Å²) < 4.78 is 32.9. The van der Waals surface area contributed by atoms with Crippen molar-refractivity contribution in [2.45, 2.75) is 38.0 Å². The standard InChI is InChI=1S/C21H24N2O5S/c1-21(2,3)29(25)23-17-11-18(13-6-9-16(22-12-13)20(24)27-5)28-19-10-14(26-4)7-8-15(17)19/h6-10,12,18H,11H2,1-5H3/b23-17+/t18-,29+/m1/s1. The van der Waals surface area contributed by atoms with E-state index in [9.17, 15) is 9.00 Å². The van der Waals surface area contributed by atoms with Gasteiger partial charge in [-0.3, -0.25) is 0 Å². The van der Waals surface area contributed by atoms with Gasteiger partial charge in [0, 0.05) is 29.8 Å². The maximum atomic E-state index is 12.7. The summed E-state index contributed by atoms with van der Waals surface area (Å²) in [6, 6.07) is 8.84. The molecule has 29 heavy (non-hydrogen) atoms. The van der Waals surface area contributed by atoms with Gasteiger partial charge in [-0.05, 0) is 39.0 Å². The fourth-order valence-electron chi connectivity index (χ4n) is 2.78. The quantitative estimate of drug-likeness (QED) is 0.707. The van der Waals surface area contributed by atoms with Gasteiger partial charge in [0.15, 0.2) is 0 Å². The molecule has 154 valence electrons. The van der Waals surface area contributed by atoms with E-state index in [0.717, 1.165) is 11.1 Å². The Morgan fingerprint density at radius 1 is 1.24 bits per heavy atom. The second kappa shape index (κ2) is 8.32. The van der Waals surface area contributed by atoms with Gasteiger partial charge in [-0.15, -0.1) is 0 Å². The third-order valence-electron chi connectivity index (χ3n) is 4.42. The topological polar surface area (TPSA) is 87.1 Å². The lowest BCUT2D eigenvalue weighted by molar-refractivity contribution is 0.0593. The lowest BCUT2D eigenvalue weighted by Crippen LogP contribution is -2.25. The first kappa shape index (κ1) is 21.0. The van der Waals surface area contributed by atoms with Gasteiger partial charge in [-0.25, -0.2) is 14.0 Å². The molecule has 2 aromatic rings. The Kier molecular flexibility index (Phi) is 6.02. The van der Waals surface area contributed by atoms with Crippen molar-refractivity contribution in [1.82, 2.24) is 4.98 Å². The Morgan fingerprint density at radius 3 is 2.59 bits per heavy atom. The minimum atomic E-state index is -1.41. The first-order valence-corrected chi connectivity index (χ1v) is 10.2. The average molecular weight is 416 g/mol. The summed E-state index contributed by atoms with van der Waals surface area (Å²) in [5.41, 5.74) is 2.49. The summed E-state index contributed by atoms with van der Waals surface area (Å²) in [4.78, 5) is 15.8. The first-order chi connectivity index (χ1) is 13.7. The molecule has 0 saturated carbocycles. The van der Waals surface area contributed by atoms with Gasteiger partial charge in [-0.2, -0.15) is 4.40 Å². The number of rotatable bonds is 4. The number of nitrogens with zero attached hydrogens (tertiary/aromatic N) is 2. The normalized spacial score (nSPS) is 18.5. The fraction of sp³-hybridized carbons (Fsp3) is 0.381. The van der Waals surface area contributed by atoms with Crippen molar-refractivity contribution in [2.24, 2.45) is 4.40 Å². The van der Waals surface area contributed by atoms with Crippen molar-refractivity contribution in [2.75, 3.05) is 14.2 Å². The zero-order valence-corrected chi connectivity index (χ0v) is 17.9. The van der Waals surface area contributed by atoms with E-state index >= 15 is 0 Å². The molecule has 1 aromatic heterocycles. The Balaban J connectivity index is 2.00. The highest BCUT2D eigenvalue weighted by Gasteiger charge is 2.29. The third kappa shape index (κ3) is 4.64. The molecule has 0 amide bonds. The molecule has 0 unspecified atom stereocenters. The number of aromatic nitrogens is 1. The van der Waals surface area contributed by atoms with Crippen LogP contribution < -0.4 is 9.47 Å². The van der Waals surface area contributed by atoms with Crippen LogP contribution >= 0.6 is 0 Å². The molecule has 2 atom stereocenters. The van der Waals surface area contributed by atoms with Gasteiger partial charge < -0.3 is 14.2 Å². The predicted molar refractivity (Wildman–Crippen MR) is 111 cm³/mol. The Morgan fingerprint density at radius 2 is 2.00 bits per heavy atom. The van der Waals surface area contributed by atoms with E-state index in [2.05, 4.69) is 14.1 Å². The van der Waals surface area contributed by atoms with Gasteiger partial charge in [-0.1, -0.05) is 6.07 Å². The summed E-state index contributed by atoms with van der Waals surface area (Å²) in [7, 11) is 1.49. The number of pyridine rings is 1. The monoisotopic (exact) mass is 416 g/mol. The molecule has 0 saturated heterocycles. The van der Waals surface area contributed by atoms with Crippen LogP contribution in [0, 0.1) is 0 Å². The highest BCUT2D eigenvalue weighted by Crippen LogP contribution is 2.37. The van der Waals surface area contributed by atoms with Crippen LogP contribution in [0.1, 0.15) is 54.9 Å². The van der Waals surface area contributed by atoms with E-state index in [1.54, 1.807) is 31.5 Å². The summed E-state index contributed by atoms with van der Waals surface area (Å²) in [6.45, 7) is 5.65. The Hall–Kier alpha value is -2.74. The maximum absolute atomic E-state index is 12.7. The molecule has 1 aliphatic rings. The highest BCUT2D eigenvalue weighted by molar-refractivity contribution is 7.85. The summed E-state index contributed by atoms with van der Waals surface area (Å²) in [5, 5.41) is 0. The van der Waals surface area contributed by atoms with Crippen LogP contribution in [-0.2, 0) is 15.7 Å². The van der Waals surface area contributed by atoms with Gasteiger partial charge in [0.25, 0.3) is 0 Å². The number of ether oxygens (including phenoxy) is 3. The van der Waals surface area contributed by atoms with Crippen molar-refractivity contribution >= 4 is 22.7 Å². The van der Waals surface area contributed by atoms with Crippen LogP contribution in [0.25, 0.3) is 0 Å². The molecule has 0 bridgehead atoms. The van der Waals surface area contributed by atoms with E-state index in [4.69, 9.17) is 9.47 Å². The molecule has 0 radical (unpaired) electrons. The molecular formula is C21H24N2O5S. The lowest BCUT2D eigenvalue weighted by Gasteiger charge is -2.28. The molecule has 3 rings (SSSR count). The van der Waals surface area contributed by atoms with Crippen LogP contribution in [0.5, 0.6) is 11.5 Å². The van der Waals surface area contributed by atoms with Crippen LogP contribution in [0.3, 0.4) is 0 Å². The van der Waals surface area contributed by atoms with Crippen LogP contribution in [0.15, 0.2) is 40.9 Å². The number of carbonyl (C=O) groups is 1. The molecule has 0 N–H and O–H groups in total. The first-order valence-electron chi connectivity index (χ1n) is 9.12. The molecule has 2 heterocycles. The molecule has 1 aliphatic heterocycles. The number of benzene rings is 1. The lowest BCUT2D eigenvalue weighted by atomic mass is 9.96. The number of carbonyl (C=O) groups excluding carboxylic acids is 1. The van der Waals surface area contributed by atoms with Gasteiger partial charge >= 0.3 is 5.97 Å². The van der Waals surface area contributed by atoms with E-state index < -0.39 is 21.7 Å². The molecule has 0 aliphatic carbocycles. The zero-order valence-electron chi connectivity index (χ0n) is 17.1. The smallest absolute Gasteiger partial charge is 0.356 e. The van der Waals surface area contributed by atoms with Gasteiger partial charge in [0.1, 0.15) is 34.3 Å². The van der Waals surface area contributed by atoms with Crippen molar-refractivity contribution in [3.8, 4) is 11.5 Å². The Labute approximate surface area is 172 Å². The molecule has 0 spiro atoms. The van der Waals surface area contributed by atoms with Crippen molar-refractivity contribution in [3.63, 3.8) is 0 Å². The summed E-state index contributed by atoms with van der Waals surface area (Å²) in [5.74, 6) is 0.751. The maximum Gasteiger partial charge on any atom is 0.356 e. The fourth-order valence-corrected chi connectivity index (χ4v) is 3.42. The zero-order chi connectivity index (χ0) is 21.2. The summed E-state index contributed by atoms with van der Waals surface area (Å²) >= 11 is 0. The Bertz CT molecular complexity index is 964. The van der Waals surface area contributed by atoms with Crippen molar-refractivity contribution in [3.05, 3.63) is 53.3 Å². The molecule has 8 heteroatoms. The largest absolute Gasteiger partial charge is 0.497 e. The van der Waals surface area contributed by atoms with E-state index in [0.29, 0.717) is 23.6 Å². The van der Waals surface area contributed by atoms with Crippen LogP contribution in [0.4, 0.5) is 0 Å². The molecule has 0 fully saturated rings. The van der Waals surface area contributed by atoms with Crippen molar-refractivity contribution < 1.29 is 23.2 Å². The number of fused-ring (bicyclic) bond motifs is 1. The second-order valence-electron chi connectivity index (χ2n) is 7.54. The summed E-state index contributed by atoms with van der Waals surface area (Å²) in [6.07, 6.45) is 1.63. The van der Waals surface area contributed by atoms with E-state index in [1.807, 2.05) is 32.9 Å². The van der Waals surface area contributed by atoms with Crippen LogP contribution in [0.2, 0.25) is 0 Å². The highest BCUT2D eigenvalue weighted by atomic mass is 32.2. The van der Waals surface area contributed by atoms with E-state index in [1.165, 1.54) is 7.11 Å². The van der Waals surface area contributed by atoms with Crippen molar-refractivity contribution in [1.29, 1.82) is 0 Å². The van der Waals surface area contributed by atoms with Gasteiger partial charge in [0.05, 0.1) is 24.7 Å². The van der Waals surface area contributed by atoms with E-state index in [-0.39, 0.29) is 11.8 Å². The minimum Gasteiger partial charge on any atom is -0.497 e. The molecule has 1 aromatic carbocycles. The number of hydrogen-bond acceptors (Lipinski definition) is 6. The number of hydrogen-bond donors (Lipinski definition) is 0. The molecular weight excluding hydrogens is 392 g/mol.